The van der Waals surface area contributed by atoms with Gasteiger partial charge in [0.05, 0.1) is 0 Å². The molecule has 1 aromatic heterocycles. The Morgan fingerprint density at radius 3 is 1.94 bits per heavy atom. The van der Waals surface area contributed by atoms with Crippen molar-refractivity contribution in [2.75, 3.05) is 7.05 Å². The SMILES string of the molecule is C=C/C(=C\C(=C/Cc1ccc(-c2cc3ccccc3c3ccccc23)cc1)c1ccc(-c2ccnc3c2C=CCC3)cc1)C(=NC)N=C(N)c1ccc2ccccc2c1.Cc1ccc2ccccc2c1.S. The van der Waals surface area contributed by atoms with E-state index in [1.54, 1.807) is 13.1 Å². The number of fused-ring (bicyclic) bond motifs is 6. The molecule has 1 aliphatic carbocycles. The van der Waals surface area contributed by atoms with Crippen molar-refractivity contribution in [3.63, 3.8) is 0 Å². The fourth-order valence-corrected chi connectivity index (χ4v) is 9.48. The van der Waals surface area contributed by atoms with Gasteiger partial charge in [-0.2, -0.15) is 13.5 Å². The van der Waals surface area contributed by atoms with Crippen molar-refractivity contribution < 1.29 is 0 Å². The third-order valence-corrected chi connectivity index (χ3v) is 13.2. The van der Waals surface area contributed by atoms with Crippen LogP contribution in [0, 0.1) is 6.92 Å². The molecule has 0 unspecified atom stereocenters. The van der Waals surface area contributed by atoms with E-state index in [1.807, 2.05) is 24.4 Å². The normalized spacial score (nSPS) is 12.9. The second kappa shape index (κ2) is 21.9. The van der Waals surface area contributed by atoms with Crippen molar-refractivity contribution >= 4 is 79.9 Å². The molecule has 0 spiro atoms. The fourth-order valence-electron chi connectivity index (χ4n) is 9.48. The molecular weight excluding hydrogens is 881 g/mol. The number of benzene rings is 9. The van der Waals surface area contributed by atoms with Gasteiger partial charge in [0.25, 0.3) is 0 Å². The maximum atomic E-state index is 6.65. The van der Waals surface area contributed by atoms with Gasteiger partial charge in [-0.3, -0.25) is 9.98 Å². The number of aromatic nitrogens is 1. The van der Waals surface area contributed by atoms with Gasteiger partial charge in [-0.1, -0.05) is 212 Å². The van der Waals surface area contributed by atoms with Crippen LogP contribution in [0.5, 0.6) is 0 Å². The topological polar surface area (TPSA) is 63.6 Å². The van der Waals surface area contributed by atoms with Crippen LogP contribution in [0.15, 0.2) is 247 Å². The number of nitrogens with zero attached hydrogens (tertiary/aromatic N) is 3. The number of hydrogen-bond acceptors (Lipinski definition) is 2. The van der Waals surface area contributed by atoms with E-state index in [-0.39, 0.29) is 13.5 Å². The summed E-state index contributed by atoms with van der Waals surface area (Å²) in [6, 6.07) is 68.8. The largest absolute Gasteiger partial charge is 0.383 e. The molecule has 5 heteroatoms. The number of rotatable bonds is 9. The van der Waals surface area contributed by atoms with Gasteiger partial charge in [0.15, 0.2) is 5.84 Å². The zero-order valence-electron chi connectivity index (χ0n) is 40.2. The van der Waals surface area contributed by atoms with Crippen LogP contribution in [0.25, 0.3) is 77.0 Å². The van der Waals surface area contributed by atoms with E-state index in [4.69, 9.17) is 10.7 Å². The minimum absolute atomic E-state index is 0. The molecular formula is C66H56N4S. The molecule has 1 aliphatic rings. The summed E-state index contributed by atoms with van der Waals surface area (Å²) in [5.41, 5.74) is 20.1. The number of aliphatic imine (C=N–C) groups is 2. The monoisotopic (exact) mass is 936 g/mol. The molecule has 0 bridgehead atoms. The highest BCUT2D eigenvalue weighted by Crippen LogP contribution is 2.36. The lowest BCUT2D eigenvalue weighted by Crippen LogP contribution is -2.16. The molecule has 0 aliphatic heterocycles. The minimum atomic E-state index is 0. The summed E-state index contributed by atoms with van der Waals surface area (Å²) < 4.78 is 0. The third kappa shape index (κ3) is 10.6. The molecule has 0 saturated heterocycles. The molecule has 2 N–H and O–H groups in total. The molecule has 0 radical (unpaired) electrons. The van der Waals surface area contributed by atoms with E-state index in [9.17, 15) is 0 Å². The van der Waals surface area contributed by atoms with Crippen molar-refractivity contribution in [1.82, 2.24) is 4.98 Å². The standard InChI is InChI=1S/C55H44N4.C11H10.H2S/c1-3-38(55(57-2)59-54(56)46-31-28-39-12-4-5-13-43(39)35-46)34-44(40-26-29-41(30-27-40)48-32-33-58-53-19-11-10-18-51(48)53)25-22-37-20-23-42(24-21-37)52-36-45-14-6-7-15-47(45)49-16-8-9-17-50(49)52;1-9-6-7-10-4-2-3-5-11(10)8-9;/h3-10,12-18,20-21,23-36H,1,11,19,22H2,2H3,(H2,56,57,59);2-8H,1H3;1H2/b38-34+,44-25+;;. The van der Waals surface area contributed by atoms with Crippen molar-refractivity contribution in [1.29, 1.82) is 0 Å². The van der Waals surface area contributed by atoms with Crippen LogP contribution in [-0.2, 0) is 12.8 Å². The van der Waals surface area contributed by atoms with E-state index >= 15 is 0 Å². The fraction of sp³-hybridized carbons (Fsp3) is 0.0758. The van der Waals surface area contributed by atoms with Gasteiger partial charge < -0.3 is 5.73 Å². The number of nitrogens with two attached hydrogens (primary N) is 1. The summed E-state index contributed by atoms with van der Waals surface area (Å²) in [4.78, 5) is 14.1. The molecule has 1 heterocycles. The first kappa shape index (κ1) is 47.7. The Balaban J connectivity index is 0.000000457. The maximum absolute atomic E-state index is 6.65. The van der Waals surface area contributed by atoms with E-state index in [0.717, 1.165) is 63.6 Å². The van der Waals surface area contributed by atoms with Crippen LogP contribution in [0.3, 0.4) is 0 Å². The Bertz CT molecular complexity index is 3720. The van der Waals surface area contributed by atoms with Gasteiger partial charge >= 0.3 is 0 Å². The molecule has 10 aromatic rings. The molecule has 0 fully saturated rings. The Hall–Kier alpha value is -8.38. The molecule has 0 saturated carbocycles. The zero-order valence-corrected chi connectivity index (χ0v) is 41.2. The average Bonchev–Trinajstić information content (AvgIpc) is 3.42. The maximum Gasteiger partial charge on any atom is 0.156 e. The third-order valence-electron chi connectivity index (χ3n) is 13.2. The Morgan fingerprint density at radius 2 is 1.23 bits per heavy atom. The van der Waals surface area contributed by atoms with Crippen LogP contribution in [0.2, 0.25) is 0 Å². The predicted octanol–water partition coefficient (Wildman–Crippen LogP) is 16.3. The smallest absolute Gasteiger partial charge is 0.156 e. The Morgan fingerprint density at radius 1 is 0.620 bits per heavy atom. The number of hydrogen-bond donors (Lipinski definition) is 1. The first-order valence-electron chi connectivity index (χ1n) is 24.0. The van der Waals surface area contributed by atoms with E-state index in [0.29, 0.717) is 11.7 Å². The number of aryl methyl sites for hydroxylation is 2. The number of amidine groups is 2. The molecule has 4 nitrogen and oxygen atoms in total. The molecule has 11 rings (SSSR count). The quantitative estimate of drug-likeness (QED) is 0.0678. The number of pyridine rings is 1. The second-order valence-electron chi connectivity index (χ2n) is 17.7. The van der Waals surface area contributed by atoms with Crippen LogP contribution >= 0.6 is 13.5 Å². The lowest BCUT2D eigenvalue weighted by molar-refractivity contribution is 0.928. The van der Waals surface area contributed by atoms with E-state index in [1.165, 1.54) is 65.7 Å². The Kier molecular flexibility index (Phi) is 14.7. The summed E-state index contributed by atoms with van der Waals surface area (Å²) in [6.07, 6.45) is 15.3. The van der Waals surface area contributed by atoms with Gasteiger partial charge in [-0.25, -0.2) is 4.99 Å². The van der Waals surface area contributed by atoms with Gasteiger partial charge in [-0.15, -0.1) is 0 Å². The summed E-state index contributed by atoms with van der Waals surface area (Å²) >= 11 is 0. The molecule has 0 atom stereocenters. The van der Waals surface area contributed by atoms with Crippen LogP contribution in [0.4, 0.5) is 0 Å². The lowest BCUT2D eigenvalue weighted by Gasteiger charge is -2.15. The zero-order chi connectivity index (χ0) is 47.8. The van der Waals surface area contributed by atoms with Crippen molar-refractivity contribution in [3.8, 4) is 22.3 Å². The summed E-state index contributed by atoms with van der Waals surface area (Å²) in [5.74, 6) is 0.906. The average molecular weight is 937 g/mol. The first-order valence-corrected chi connectivity index (χ1v) is 24.0. The van der Waals surface area contributed by atoms with Gasteiger partial charge in [-0.05, 0) is 133 Å². The minimum Gasteiger partial charge on any atom is -0.383 e. The molecule has 346 valence electrons. The summed E-state index contributed by atoms with van der Waals surface area (Å²) in [7, 11) is 1.74. The highest BCUT2D eigenvalue weighted by atomic mass is 32.1. The highest BCUT2D eigenvalue weighted by molar-refractivity contribution is 7.59. The molecule has 0 amide bonds. The second-order valence-corrected chi connectivity index (χ2v) is 17.7. The van der Waals surface area contributed by atoms with Crippen molar-refractivity contribution in [2.24, 2.45) is 15.7 Å². The van der Waals surface area contributed by atoms with Crippen LogP contribution < -0.4 is 5.73 Å². The van der Waals surface area contributed by atoms with Crippen molar-refractivity contribution in [2.45, 2.75) is 26.2 Å². The van der Waals surface area contributed by atoms with Crippen LogP contribution in [-0.4, -0.2) is 23.7 Å². The van der Waals surface area contributed by atoms with Gasteiger partial charge in [0, 0.05) is 35.6 Å². The van der Waals surface area contributed by atoms with E-state index in [2.05, 4.69) is 224 Å². The van der Waals surface area contributed by atoms with Gasteiger partial charge in [0.2, 0.25) is 0 Å². The summed E-state index contributed by atoms with van der Waals surface area (Å²) in [5, 5.41) is 9.94. The van der Waals surface area contributed by atoms with Gasteiger partial charge in [0.1, 0.15) is 5.84 Å². The molecule has 71 heavy (non-hydrogen) atoms. The van der Waals surface area contributed by atoms with Crippen molar-refractivity contribution in [3.05, 3.63) is 270 Å². The predicted molar refractivity (Wildman–Crippen MR) is 311 cm³/mol. The lowest BCUT2D eigenvalue weighted by atomic mass is 9.92. The van der Waals surface area contributed by atoms with E-state index < -0.39 is 0 Å². The highest BCUT2D eigenvalue weighted by Gasteiger charge is 2.14. The van der Waals surface area contributed by atoms with Crippen LogP contribution in [0.1, 0.15) is 39.9 Å². The summed E-state index contributed by atoms with van der Waals surface area (Å²) in [6.45, 7) is 6.31. The Labute approximate surface area is 424 Å². The first-order chi connectivity index (χ1) is 34.4. The number of allylic oxidation sites excluding steroid dienone is 4. The molecule has 9 aromatic carbocycles.